The summed E-state index contributed by atoms with van der Waals surface area (Å²) in [5.74, 6) is 1.76. The Morgan fingerprint density at radius 3 is 3.00 bits per heavy atom. The van der Waals surface area contributed by atoms with Gasteiger partial charge in [0.25, 0.3) is 0 Å². The van der Waals surface area contributed by atoms with Gasteiger partial charge in [-0.3, -0.25) is 4.79 Å². The average Bonchev–Trinajstić information content (AvgIpc) is 2.64. The molecular weight excluding hydrogens is 296 g/mol. The zero-order valence-electron chi connectivity index (χ0n) is 8.49. The minimum Gasteiger partial charge on any atom is -0.385 e. The Kier molecular flexibility index (Phi) is 6.56. The van der Waals surface area contributed by atoms with Crippen LogP contribution in [0.15, 0.2) is 15.9 Å². The molecule has 0 unspecified atom stereocenters. The van der Waals surface area contributed by atoms with Crippen molar-refractivity contribution in [3.63, 3.8) is 0 Å². The standard InChI is InChI=1S/C10H13BrO2S2/c1-13-5-2-6-14-7-8(12)9-3-4-10(11)15-9/h3-4H,2,5-7H2,1H3. The predicted octanol–water partition coefficient (Wildman–Crippen LogP) is 3.46. The van der Waals surface area contributed by atoms with Crippen molar-refractivity contribution in [1.82, 2.24) is 0 Å². The molecule has 1 heterocycles. The van der Waals surface area contributed by atoms with E-state index < -0.39 is 0 Å². The summed E-state index contributed by atoms with van der Waals surface area (Å²) in [6, 6.07) is 3.78. The molecule has 0 saturated carbocycles. The van der Waals surface area contributed by atoms with Crippen LogP contribution in [-0.2, 0) is 4.74 Å². The highest BCUT2D eigenvalue weighted by Crippen LogP contribution is 2.23. The summed E-state index contributed by atoms with van der Waals surface area (Å²) < 4.78 is 5.94. The lowest BCUT2D eigenvalue weighted by atomic mass is 10.4. The third-order valence-corrected chi connectivity index (χ3v) is 4.43. The third kappa shape index (κ3) is 5.15. The van der Waals surface area contributed by atoms with Crippen LogP contribution in [0, 0.1) is 0 Å². The number of carbonyl (C=O) groups excluding carboxylic acids is 1. The third-order valence-electron chi connectivity index (χ3n) is 1.72. The molecule has 1 aromatic heterocycles. The van der Waals surface area contributed by atoms with E-state index in [2.05, 4.69) is 15.9 Å². The monoisotopic (exact) mass is 308 g/mol. The quantitative estimate of drug-likeness (QED) is 0.570. The van der Waals surface area contributed by atoms with Crippen molar-refractivity contribution in [3.05, 3.63) is 20.8 Å². The number of rotatable bonds is 7. The molecule has 84 valence electrons. The minimum absolute atomic E-state index is 0.216. The van der Waals surface area contributed by atoms with Gasteiger partial charge in [-0.1, -0.05) is 0 Å². The summed E-state index contributed by atoms with van der Waals surface area (Å²) in [7, 11) is 1.69. The lowest BCUT2D eigenvalue weighted by Crippen LogP contribution is -2.01. The molecule has 0 aromatic carbocycles. The SMILES string of the molecule is COCCCSCC(=O)c1ccc(Br)s1. The topological polar surface area (TPSA) is 26.3 Å². The molecule has 0 aliphatic carbocycles. The van der Waals surface area contributed by atoms with E-state index in [4.69, 9.17) is 4.74 Å². The molecule has 1 aromatic rings. The van der Waals surface area contributed by atoms with Crippen molar-refractivity contribution >= 4 is 44.8 Å². The van der Waals surface area contributed by atoms with Gasteiger partial charge < -0.3 is 4.74 Å². The van der Waals surface area contributed by atoms with E-state index in [0.717, 1.165) is 27.4 Å². The summed E-state index contributed by atoms with van der Waals surface area (Å²) in [5.41, 5.74) is 0. The second-order valence-corrected chi connectivity index (χ2v) is 6.49. The smallest absolute Gasteiger partial charge is 0.182 e. The summed E-state index contributed by atoms with van der Waals surface area (Å²) in [6.45, 7) is 0.770. The first-order valence-corrected chi connectivity index (χ1v) is 7.35. The maximum absolute atomic E-state index is 11.6. The Balaban J connectivity index is 2.19. The highest BCUT2D eigenvalue weighted by atomic mass is 79.9. The van der Waals surface area contributed by atoms with Gasteiger partial charge >= 0.3 is 0 Å². The molecule has 1 rings (SSSR count). The van der Waals surface area contributed by atoms with Crippen molar-refractivity contribution in [2.24, 2.45) is 0 Å². The van der Waals surface area contributed by atoms with Crippen LogP contribution < -0.4 is 0 Å². The molecule has 0 aliphatic heterocycles. The number of thioether (sulfide) groups is 1. The maximum Gasteiger partial charge on any atom is 0.182 e. The molecule has 0 fully saturated rings. The summed E-state index contributed by atoms with van der Waals surface area (Å²) >= 11 is 6.51. The van der Waals surface area contributed by atoms with Crippen molar-refractivity contribution in [1.29, 1.82) is 0 Å². The zero-order valence-corrected chi connectivity index (χ0v) is 11.7. The van der Waals surface area contributed by atoms with Crippen molar-refractivity contribution < 1.29 is 9.53 Å². The van der Waals surface area contributed by atoms with Gasteiger partial charge in [0, 0.05) is 13.7 Å². The van der Waals surface area contributed by atoms with E-state index in [1.165, 1.54) is 11.3 Å². The van der Waals surface area contributed by atoms with Crippen LogP contribution in [-0.4, -0.2) is 31.0 Å². The Hall–Kier alpha value is 0.160. The zero-order chi connectivity index (χ0) is 11.1. The van der Waals surface area contributed by atoms with Crippen LogP contribution in [0.2, 0.25) is 0 Å². The van der Waals surface area contributed by atoms with Crippen LogP contribution in [0.4, 0.5) is 0 Å². The normalized spacial score (nSPS) is 10.5. The van der Waals surface area contributed by atoms with E-state index in [-0.39, 0.29) is 5.78 Å². The number of thiophene rings is 1. The first-order valence-electron chi connectivity index (χ1n) is 4.59. The maximum atomic E-state index is 11.6. The number of halogens is 1. The van der Waals surface area contributed by atoms with Gasteiger partial charge in [-0.25, -0.2) is 0 Å². The van der Waals surface area contributed by atoms with Gasteiger partial charge in [0.15, 0.2) is 5.78 Å². The van der Waals surface area contributed by atoms with E-state index >= 15 is 0 Å². The molecule has 5 heteroatoms. The fourth-order valence-corrected chi connectivity index (χ4v) is 3.23. The summed E-state index contributed by atoms with van der Waals surface area (Å²) in [5, 5.41) is 0. The number of methoxy groups -OCH3 is 1. The lowest BCUT2D eigenvalue weighted by Gasteiger charge is -1.99. The predicted molar refractivity (Wildman–Crippen MR) is 70.2 cm³/mol. The number of ether oxygens (including phenoxy) is 1. The van der Waals surface area contributed by atoms with E-state index in [0.29, 0.717) is 5.75 Å². The van der Waals surface area contributed by atoms with Crippen molar-refractivity contribution in [2.45, 2.75) is 6.42 Å². The van der Waals surface area contributed by atoms with Crippen molar-refractivity contribution in [2.75, 3.05) is 25.2 Å². The number of hydrogen-bond donors (Lipinski definition) is 0. The first kappa shape index (κ1) is 13.2. The summed E-state index contributed by atoms with van der Waals surface area (Å²) in [4.78, 5) is 12.5. The second-order valence-electron chi connectivity index (χ2n) is 2.93. The Bertz CT molecular complexity index is 312. The fourth-order valence-electron chi connectivity index (χ4n) is 1.01. The summed E-state index contributed by atoms with van der Waals surface area (Å²) in [6.07, 6.45) is 1.00. The molecule has 0 spiro atoms. The molecule has 0 amide bonds. The molecular formula is C10H13BrO2S2. The Morgan fingerprint density at radius 2 is 2.40 bits per heavy atom. The first-order chi connectivity index (χ1) is 7.24. The number of ketones is 1. The molecule has 2 nitrogen and oxygen atoms in total. The number of hydrogen-bond acceptors (Lipinski definition) is 4. The Labute approximate surface area is 107 Å². The van der Waals surface area contributed by atoms with Gasteiger partial charge in [0.1, 0.15) is 0 Å². The van der Waals surface area contributed by atoms with E-state index in [9.17, 15) is 4.79 Å². The molecule has 0 N–H and O–H groups in total. The minimum atomic E-state index is 0.216. The van der Waals surface area contributed by atoms with E-state index in [1.54, 1.807) is 18.9 Å². The molecule has 0 saturated heterocycles. The van der Waals surface area contributed by atoms with E-state index in [1.807, 2.05) is 12.1 Å². The fraction of sp³-hybridized carbons (Fsp3) is 0.500. The highest BCUT2D eigenvalue weighted by molar-refractivity contribution is 9.11. The van der Waals surface area contributed by atoms with Gasteiger partial charge in [0.2, 0.25) is 0 Å². The number of carbonyl (C=O) groups is 1. The van der Waals surface area contributed by atoms with Crippen LogP contribution >= 0.6 is 39.0 Å². The van der Waals surface area contributed by atoms with Gasteiger partial charge in [-0.15, -0.1) is 11.3 Å². The lowest BCUT2D eigenvalue weighted by molar-refractivity contribution is 0.102. The highest BCUT2D eigenvalue weighted by Gasteiger charge is 2.07. The van der Waals surface area contributed by atoms with Crippen LogP contribution in [0.25, 0.3) is 0 Å². The van der Waals surface area contributed by atoms with Crippen molar-refractivity contribution in [3.8, 4) is 0 Å². The molecule has 0 bridgehead atoms. The van der Waals surface area contributed by atoms with Gasteiger partial charge in [-0.2, -0.15) is 11.8 Å². The average molecular weight is 309 g/mol. The molecule has 15 heavy (non-hydrogen) atoms. The Morgan fingerprint density at radius 1 is 1.60 bits per heavy atom. The largest absolute Gasteiger partial charge is 0.385 e. The van der Waals surface area contributed by atoms with Crippen LogP contribution in [0.3, 0.4) is 0 Å². The molecule has 0 aliphatic rings. The van der Waals surface area contributed by atoms with Gasteiger partial charge in [-0.05, 0) is 40.2 Å². The number of Topliss-reactive ketones (excluding diaryl/α,β-unsaturated/α-hetero) is 1. The van der Waals surface area contributed by atoms with Crippen LogP contribution in [0.5, 0.6) is 0 Å². The molecule has 0 radical (unpaired) electrons. The second kappa shape index (κ2) is 7.44. The van der Waals surface area contributed by atoms with Crippen LogP contribution in [0.1, 0.15) is 16.1 Å². The van der Waals surface area contributed by atoms with Gasteiger partial charge in [0.05, 0.1) is 14.4 Å². The molecule has 0 atom stereocenters.